The van der Waals surface area contributed by atoms with Crippen LogP contribution in [0.2, 0.25) is 0 Å². The summed E-state index contributed by atoms with van der Waals surface area (Å²) in [5, 5.41) is 1.91. The number of hydrogen-bond donors (Lipinski definition) is 2. The lowest BCUT2D eigenvalue weighted by Crippen LogP contribution is -2.24. The molecule has 0 atom stereocenters. The van der Waals surface area contributed by atoms with E-state index in [0.717, 1.165) is 14.9 Å². The van der Waals surface area contributed by atoms with Crippen molar-refractivity contribution < 1.29 is 8.42 Å². The van der Waals surface area contributed by atoms with E-state index in [4.69, 9.17) is 5.73 Å². The molecule has 0 aliphatic heterocycles. The van der Waals surface area contributed by atoms with Gasteiger partial charge in [0.05, 0.1) is 4.90 Å². The molecule has 0 aliphatic carbocycles. The summed E-state index contributed by atoms with van der Waals surface area (Å²) in [5.41, 5.74) is 7.15. The molecule has 2 aromatic rings. The molecule has 1 aromatic heterocycles. The first-order valence-corrected chi connectivity index (χ1v) is 9.11. The van der Waals surface area contributed by atoms with Crippen LogP contribution in [0, 0.1) is 6.92 Å². The third-order valence-corrected chi connectivity index (χ3v) is 6.49. The number of sulfonamides is 1. The molecule has 1 aromatic carbocycles. The van der Waals surface area contributed by atoms with Crippen LogP contribution < -0.4 is 10.5 Å². The van der Waals surface area contributed by atoms with Gasteiger partial charge in [0.1, 0.15) is 0 Å². The zero-order valence-electron chi connectivity index (χ0n) is 10.9. The summed E-state index contributed by atoms with van der Waals surface area (Å²) in [4.78, 5) is 1.23. The van der Waals surface area contributed by atoms with E-state index >= 15 is 0 Å². The van der Waals surface area contributed by atoms with Gasteiger partial charge < -0.3 is 5.73 Å². The Hall–Kier alpha value is -0.730. The Morgan fingerprint density at radius 3 is 2.70 bits per heavy atom. The number of nitrogens with two attached hydrogens (primary N) is 1. The van der Waals surface area contributed by atoms with Gasteiger partial charge in [-0.05, 0) is 51.5 Å². The lowest BCUT2D eigenvalue weighted by atomic mass is 10.1. The number of thiophene rings is 1. The second-order valence-electron chi connectivity index (χ2n) is 4.26. The van der Waals surface area contributed by atoms with Crippen LogP contribution in [0.15, 0.2) is 39.0 Å². The zero-order valence-corrected chi connectivity index (χ0v) is 14.1. The highest BCUT2D eigenvalue weighted by Crippen LogP contribution is 2.24. The molecule has 0 aliphatic rings. The quantitative estimate of drug-likeness (QED) is 0.844. The van der Waals surface area contributed by atoms with E-state index in [0.29, 0.717) is 12.1 Å². The highest BCUT2D eigenvalue weighted by atomic mass is 79.9. The van der Waals surface area contributed by atoms with Gasteiger partial charge in [-0.3, -0.25) is 0 Å². The van der Waals surface area contributed by atoms with Crippen molar-refractivity contribution in [2.45, 2.75) is 24.9 Å². The monoisotopic (exact) mass is 374 g/mol. The van der Waals surface area contributed by atoms with Crippen LogP contribution in [0.3, 0.4) is 0 Å². The Bertz CT molecular complexity index is 711. The van der Waals surface area contributed by atoms with Crippen LogP contribution >= 0.6 is 27.3 Å². The van der Waals surface area contributed by atoms with Crippen molar-refractivity contribution in [2.24, 2.45) is 5.73 Å². The van der Waals surface area contributed by atoms with Gasteiger partial charge in [0.2, 0.25) is 10.0 Å². The van der Waals surface area contributed by atoms with Crippen LogP contribution in [0.5, 0.6) is 0 Å². The van der Waals surface area contributed by atoms with Crippen LogP contribution in [0.25, 0.3) is 0 Å². The number of halogens is 1. The number of rotatable bonds is 5. The molecular formula is C13H15BrN2O2S2. The van der Waals surface area contributed by atoms with Crippen LogP contribution in [0.1, 0.15) is 16.0 Å². The van der Waals surface area contributed by atoms with Gasteiger partial charge >= 0.3 is 0 Å². The van der Waals surface area contributed by atoms with Crippen molar-refractivity contribution in [2.75, 3.05) is 0 Å². The SMILES string of the molecule is Cc1c(CN)cccc1S(=O)(=O)NCc1sccc1Br. The van der Waals surface area contributed by atoms with Gasteiger partial charge in [0, 0.05) is 22.4 Å². The first-order chi connectivity index (χ1) is 9.45. The largest absolute Gasteiger partial charge is 0.326 e. The normalized spacial score (nSPS) is 11.8. The maximum Gasteiger partial charge on any atom is 0.241 e. The predicted octanol–water partition coefficient (Wildman–Crippen LogP) is 2.76. The minimum atomic E-state index is -3.54. The van der Waals surface area contributed by atoms with Gasteiger partial charge in [-0.1, -0.05) is 12.1 Å². The first-order valence-electron chi connectivity index (χ1n) is 5.96. The summed E-state index contributed by atoms with van der Waals surface area (Å²) in [6, 6.07) is 7.05. The van der Waals surface area contributed by atoms with E-state index < -0.39 is 10.0 Å². The number of hydrogen-bond acceptors (Lipinski definition) is 4. The number of nitrogens with one attached hydrogen (secondary N) is 1. The van der Waals surface area contributed by atoms with Gasteiger partial charge in [-0.2, -0.15) is 0 Å². The highest BCUT2D eigenvalue weighted by Gasteiger charge is 2.18. The lowest BCUT2D eigenvalue weighted by molar-refractivity contribution is 0.581. The van der Waals surface area contributed by atoms with Crippen molar-refractivity contribution in [3.8, 4) is 0 Å². The van der Waals surface area contributed by atoms with E-state index in [1.165, 1.54) is 11.3 Å². The minimum Gasteiger partial charge on any atom is -0.326 e. The molecule has 0 fully saturated rings. The van der Waals surface area contributed by atoms with Crippen molar-refractivity contribution in [1.82, 2.24) is 4.72 Å². The first kappa shape index (κ1) is 15.7. The third-order valence-electron chi connectivity index (χ3n) is 3.02. The van der Waals surface area contributed by atoms with Gasteiger partial charge in [0.25, 0.3) is 0 Å². The molecule has 0 saturated carbocycles. The average Bonchev–Trinajstić information content (AvgIpc) is 2.82. The van der Waals surface area contributed by atoms with Gasteiger partial charge in [-0.15, -0.1) is 11.3 Å². The summed E-state index contributed by atoms with van der Waals surface area (Å²) in [6.45, 7) is 2.37. The molecule has 20 heavy (non-hydrogen) atoms. The van der Waals surface area contributed by atoms with E-state index in [1.807, 2.05) is 17.5 Å². The molecule has 0 amide bonds. The second-order valence-corrected chi connectivity index (χ2v) is 7.85. The summed E-state index contributed by atoms with van der Waals surface area (Å²) in [7, 11) is -3.54. The molecule has 7 heteroatoms. The maximum atomic E-state index is 12.4. The maximum absolute atomic E-state index is 12.4. The molecular weight excluding hydrogens is 360 g/mol. The third kappa shape index (κ3) is 3.29. The zero-order chi connectivity index (χ0) is 14.8. The van der Waals surface area contributed by atoms with Crippen molar-refractivity contribution in [3.63, 3.8) is 0 Å². The summed E-state index contributed by atoms with van der Waals surface area (Å²) in [5.74, 6) is 0. The minimum absolute atomic E-state index is 0.271. The van der Waals surface area contributed by atoms with E-state index in [9.17, 15) is 8.42 Å². The second kappa shape index (κ2) is 6.36. The topological polar surface area (TPSA) is 72.2 Å². The summed E-state index contributed by atoms with van der Waals surface area (Å²) in [6.07, 6.45) is 0. The average molecular weight is 375 g/mol. The Morgan fingerprint density at radius 1 is 1.35 bits per heavy atom. The van der Waals surface area contributed by atoms with Crippen molar-refractivity contribution >= 4 is 37.3 Å². The van der Waals surface area contributed by atoms with Crippen LogP contribution in [-0.4, -0.2) is 8.42 Å². The Labute approximate surface area is 131 Å². The molecule has 0 bridgehead atoms. The number of benzene rings is 1. The summed E-state index contributed by atoms with van der Waals surface area (Å²) < 4.78 is 28.3. The fourth-order valence-corrected chi connectivity index (χ4v) is 4.67. The molecule has 2 rings (SSSR count). The molecule has 0 spiro atoms. The molecule has 0 unspecified atom stereocenters. The van der Waals surface area contributed by atoms with Crippen LogP contribution in [0.4, 0.5) is 0 Å². The molecule has 4 nitrogen and oxygen atoms in total. The molecule has 108 valence electrons. The van der Waals surface area contributed by atoms with Crippen molar-refractivity contribution in [3.05, 3.63) is 50.1 Å². The van der Waals surface area contributed by atoms with Crippen LogP contribution in [-0.2, 0) is 23.1 Å². The molecule has 3 N–H and O–H groups in total. The predicted molar refractivity (Wildman–Crippen MR) is 85.1 cm³/mol. The fraction of sp³-hybridized carbons (Fsp3) is 0.231. The van der Waals surface area contributed by atoms with Gasteiger partial charge in [0.15, 0.2) is 0 Å². The van der Waals surface area contributed by atoms with Gasteiger partial charge in [-0.25, -0.2) is 13.1 Å². The van der Waals surface area contributed by atoms with E-state index in [2.05, 4.69) is 20.7 Å². The fourth-order valence-electron chi connectivity index (χ4n) is 1.86. The van der Waals surface area contributed by atoms with E-state index in [-0.39, 0.29) is 11.4 Å². The standard InChI is InChI=1S/C13H15BrN2O2S2/c1-9-10(7-15)3-2-4-13(9)20(17,18)16-8-12-11(14)5-6-19-12/h2-6,16H,7-8,15H2,1H3. The molecule has 0 saturated heterocycles. The van der Waals surface area contributed by atoms with Crippen molar-refractivity contribution in [1.29, 1.82) is 0 Å². The molecule has 0 radical (unpaired) electrons. The van der Waals surface area contributed by atoms with E-state index in [1.54, 1.807) is 19.1 Å². The smallest absolute Gasteiger partial charge is 0.241 e. The molecule has 1 heterocycles. The highest BCUT2D eigenvalue weighted by molar-refractivity contribution is 9.10. The Morgan fingerprint density at radius 2 is 2.10 bits per heavy atom. The summed E-state index contributed by atoms with van der Waals surface area (Å²) >= 11 is 4.89. The lowest BCUT2D eigenvalue weighted by Gasteiger charge is -2.11. The Kier molecular flexibility index (Phi) is 4.98. The Balaban J connectivity index is 2.25.